The van der Waals surface area contributed by atoms with E-state index in [1.54, 1.807) is 19.2 Å². The lowest BCUT2D eigenvalue weighted by Gasteiger charge is -2.14. The standard InChI is InChI=1S/C15H16N2OS/c1-18-15(19)13-8-11(16)9-14(17)12(13)7-10-5-3-2-4-6-10/h2-6,8-9H,7,16-17H2,1H3. The van der Waals surface area contributed by atoms with Crippen LogP contribution in [0.2, 0.25) is 0 Å². The highest BCUT2D eigenvalue weighted by molar-refractivity contribution is 7.80. The molecule has 0 bridgehead atoms. The predicted octanol–water partition coefficient (Wildman–Crippen LogP) is 2.76. The molecule has 98 valence electrons. The first-order valence-electron chi connectivity index (χ1n) is 5.92. The predicted molar refractivity (Wildman–Crippen MR) is 83.2 cm³/mol. The fourth-order valence-electron chi connectivity index (χ4n) is 2.01. The third-order valence-electron chi connectivity index (χ3n) is 2.94. The Labute approximate surface area is 118 Å². The molecule has 0 unspecified atom stereocenters. The molecule has 2 rings (SSSR count). The summed E-state index contributed by atoms with van der Waals surface area (Å²) in [6.45, 7) is 0. The van der Waals surface area contributed by atoms with E-state index in [9.17, 15) is 0 Å². The third kappa shape index (κ3) is 3.03. The molecule has 0 fully saturated rings. The van der Waals surface area contributed by atoms with Gasteiger partial charge in [-0.2, -0.15) is 0 Å². The van der Waals surface area contributed by atoms with Crippen LogP contribution < -0.4 is 11.5 Å². The molecular weight excluding hydrogens is 256 g/mol. The third-order valence-corrected chi connectivity index (χ3v) is 3.32. The molecule has 3 nitrogen and oxygen atoms in total. The molecule has 0 amide bonds. The van der Waals surface area contributed by atoms with Crippen LogP contribution in [0.25, 0.3) is 0 Å². The smallest absolute Gasteiger partial charge is 0.191 e. The van der Waals surface area contributed by atoms with E-state index in [1.165, 1.54) is 5.56 Å². The van der Waals surface area contributed by atoms with E-state index in [2.05, 4.69) is 12.1 Å². The van der Waals surface area contributed by atoms with Crippen molar-refractivity contribution in [1.29, 1.82) is 0 Å². The Hall–Kier alpha value is -2.07. The molecule has 0 radical (unpaired) electrons. The molecule has 0 aliphatic carbocycles. The highest BCUT2D eigenvalue weighted by atomic mass is 32.1. The van der Waals surface area contributed by atoms with Gasteiger partial charge >= 0.3 is 0 Å². The van der Waals surface area contributed by atoms with Crippen LogP contribution in [0.15, 0.2) is 42.5 Å². The minimum atomic E-state index is 0.407. The summed E-state index contributed by atoms with van der Waals surface area (Å²) >= 11 is 5.21. The van der Waals surface area contributed by atoms with E-state index >= 15 is 0 Å². The lowest BCUT2D eigenvalue weighted by Crippen LogP contribution is -2.09. The number of nitrogens with two attached hydrogens (primary N) is 2. The summed E-state index contributed by atoms with van der Waals surface area (Å²) in [4.78, 5) is 0. The maximum Gasteiger partial charge on any atom is 0.191 e. The van der Waals surface area contributed by atoms with E-state index in [0.717, 1.165) is 11.1 Å². The second kappa shape index (κ2) is 5.71. The number of ether oxygens (including phenoxy) is 1. The number of thiocarbonyl (C=S) groups is 1. The van der Waals surface area contributed by atoms with Crippen LogP contribution in [0.3, 0.4) is 0 Å². The Morgan fingerprint density at radius 1 is 1.16 bits per heavy atom. The SMILES string of the molecule is COC(=S)c1cc(N)cc(N)c1Cc1ccccc1. The summed E-state index contributed by atoms with van der Waals surface area (Å²) in [6, 6.07) is 13.6. The quantitative estimate of drug-likeness (QED) is 0.666. The van der Waals surface area contributed by atoms with Crippen LogP contribution in [0, 0.1) is 0 Å². The van der Waals surface area contributed by atoms with Gasteiger partial charge in [-0.15, -0.1) is 0 Å². The van der Waals surface area contributed by atoms with Gasteiger partial charge in [-0.25, -0.2) is 0 Å². The van der Waals surface area contributed by atoms with Gasteiger partial charge in [0.05, 0.1) is 7.11 Å². The van der Waals surface area contributed by atoms with Crippen LogP contribution in [0.5, 0.6) is 0 Å². The maximum atomic E-state index is 6.07. The molecule has 0 saturated heterocycles. The first-order valence-corrected chi connectivity index (χ1v) is 6.32. The molecule has 4 heteroatoms. The number of rotatable bonds is 3. The van der Waals surface area contributed by atoms with Crippen molar-refractivity contribution in [2.24, 2.45) is 0 Å². The number of benzene rings is 2. The zero-order chi connectivity index (χ0) is 13.8. The van der Waals surface area contributed by atoms with Crippen molar-refractivity contribution in [3.05, 3.63) is 59.2 Å². The van der Waals surface area contributed by atoms with E-state index in [0.29, 0.717) is 22.8 Å². The Morgan fingerprint density at radius 3 is 2.47 bits per heavy atom. The highest BCUT2D eigenvalue weighted by Crippen LogP contribution is 2.25. The molecule has 0 aliphatic heterocycles. The van der Waals surface area contributed by atoms with Gasteiger partial charge in [0, 0.05) is 23.4 Å². The average Bonchev–Trinajstić information content (AvgIpc) is 2.42. The number of hydrogen-bond acceptors (Lipinski definition) is 4. The van der Waals surface area contributed by atoms with Gasteiger partial charge in [0.1, 0.15) is 0 Å². The summed E-state index contributed by atoms with van der Waals surface area (Å²) in [6.07, 6.45) is 0.700. The maximum absolute atomic E-state index is 6.07. The Kier molecular flexibility index (Phi) is 4.02. The van der Waals surface area contributed by atoms with Crippen LogP contribution in [-0.4, -0.2) is 12.2 Å². The molecule has 4 N–H and O–H groups in total. The van der Waals surface area contributed by atoms with Gasteiger partial charge in [-0.3, -0.25) is 0 Å². The van der Waals surface area contributed by atoms with Crippen molar-refractivity contribution in [1.82, 2.24) is 0 Å². The molecule has 0 atom stereocenters. The summed E-state index contributed by atoms with van der Waals surface area (Å²) in [5, 5.41) is 0.407. The van der Waals surface area contributed by atoms with Crippen molar-refractivity contribution < 1.29 is 4.74 Å². The molecule has 2 aromatic rings. The van der Waals surface area contributed by atoms with Crippen LogP contribution in [0.1, 0.15) is 16.7 Å². The summed E-state index contributed by atoms with van der Waals surface area (Å²) in [5.41, 5.74) is 16.0. The topological polar surface area (TPSA) is 61.3 Å². The second-order valence-corrected chi connectivity index (χ2v) is 4.66. The molecule has 0 spiro atoms. The minimum absolute atomic E-state index is 0.407. The van der Waals surface area contributed by atoms with Gasteiger partial charge < -0.3 is 16.2 Å². The molecule has 0 saturated carbocycles. The van der Waals surface area contributed by atoms with E-state index < -0.39 is 0 Å². The largest absolute Gasteiger partial charge is 0.486 e. The second-order valence-electron chi connectivity index (χ2n) is 4.29. The lowest BCUT2D eigenvalue weighted by atomic mass is 9.97. The van der Waals surface area contributed by atoms with Crippen molar-refractivity contribution in [3.63, 3.8) is 0 Å². The van der Waals surface area contributed by atoms with E-state index in [4.69, 9.17) is 28.4 Å². The number of methoxy groups -OCH3 is 1. The zero-order valence-corrected chi connectivity index (χ0v) is 11.5. The Bertz CT molecular complexity index is 597. The summed E-state index contributed by atoms with van der Waals surface area (Å²) < 4.78 is 5.14. The Morgan fingerprint density at radius 2 is 1.84 bits per heavy atom. The van der Waals surface area contributed by atoms with Gasteiger partial charge in [0.25, 0.3) is 0 Å². The number of hydrogen-bond donors (Lipinski definition) is 2. The van der Waals surface area contributed by atoms with Crippen molar-refractivity contribution in [2.45, 2.75) is 6.42 Å². The fraction of sp³-hybridized carbons (Fsp3) is 0.133. The first kappa shape index (κ1) is 13.4. The molecular formula is C15H16N2OS. The van der Waals surface area contributed by atoms with Gasteiger partial charge in [0.15, 0.2) is 5.05 Å². The summed E-state index contributed by atoms with van der Waals surface area (Å²) in [7, 11) is 1.55. The normalized spacial score (nSPS) is 10.2. The Balaban J connectivity index is 2.46. The van der Waals surface area contributed by atoms with Gasteiger partial charge in [-0.1, -0.05) is 30.3 Å². The van der Waals surface area contributed by atoms with Crippen LogP contribution in [-0.2, 0) is 11.2 Å². The van der Waals surface area contributed by atoms with Crippen molar-refractivity contribution in [2.75, 3.05) is 18.6 Å². The van der Waals surface area contributed by atoms with Gasteiger partial charge in [-0.05, 0) is 35.5 Å². The molecule has 19 heavy (non-hydrogen) atoms. The zero-order valence-electron chi connectivity index (χ0n) is 10.7. The first-order chi connectivity index (χ1) is 9.11. The minimum Gasteiger partial charge on any atom is -0.486 e. The van der Waals surface area contributed by atoms with Crippen LogP contribution >= 0.6 is 12.2 Å². The van der Waals surface area contributed by atoms with Crippen molar-refractivity contribution in [3.8, 4) is 0 Å². The number of nitrogen functional groups attached to an aromatic ring is 2. The molecule has 0 heterocycles. The van der Waals surface area contributed by atoms with Gasteiger partial charge in [0.2, 0.25) is 0 Å². The fourth-order valence-corrected chi connectivity index (χ4v) is 2.19. The highest BCUT2D eigenvalue weighted by Gasteiger charge is 2.13. The van der Waals surface area contributed by atoms with Crippen LogP contribution in [0.4, 0.5) is 11.4 Å². The molecule has 0 aliphatic rings. The lowest BCUT2D eigenvalue weighted by molar-refractivity contribution is 0.415. The van der Waals surface area contributed by atoms with E-state index in [-0.39, 0.29) is 0 Å². The molecule has 2 aromatic carbocycles. The number of anilines is 2. The average molecular weight is 272 g/mol. The van der Waals surface area contributed by atoms with Crippen molar-refractivity contribution >= 4 is 28.6 Å². The molecule has 0 aromatic heterocycles. The monoisotopic (exact) mass is 272 g/mol. The van der Waals surface area contributed by atoms with E-state index in [1.807, 2.05) is 18.2 Å². The summed E-state index contributed by atoms with van der Waals surface area (Å²) in [5.74, 6) is 0.